The number of aliphatic carboxylic acids is 1. The molecule has 0 bridgehead atoms. The fraction of sp³-hybridized carbons (Fsp3) is 0.179. The summed E-state index contributed by atoms with van der Waals surface area (Å²) in [6.45, 7) is 1.29. The van der Waals surface area contributed by atoms with Crippen LogP contribution in [0.25, 0.3) is 22.4 Å². The van der Waals surface area contributed by atoms with Gasteiger partial charge in [0.25, 0.3) is 5.91 Å². The number of aryl methyl sites for hydroxylation is 1. The highest BCUT2D eigenvalue weighted by Crippen LogP contribution is 2.33. The van der Waals surface area contributed by atoms with Crippen molar-refractivity contribution in [2.24, 2.45) is 0 Å². The molecule has 0 spiro atoms. The highest BCUT2D eigenvalue weighted by atomic mass is 19.4. The van der Waals surface area contributed by atoms with Crippen LogP contribution in [0.5, 0.6) is 0 Å². The van der Waals surface area contributed by atoms with Gasteiger partial charge in [-0.05, 0) is 43.3 Å². The summed E-state index contributed by atoms with van der Waals surface area (Å²) in [5, 5.41) is 24.6. The van der Waals surface area contributed by atoms with Gasteiger partial charge >= 0.3 is 12.1 Å². The first-order valence-corrected chi connectivity index (χ1v) is 11.8. The summed E-state index contributed by atoms with van der Waals surface area (Å²) >= 11 is 0. The third-order valence-corrected chi connectivity index (χ3v) is 5.04. The number of carboxylic acids is 1. The number of halogens is 5. The Morgan fingerprint density at radius 2 is 1.67 bits per heavy atom. The summed E-state index contributed by atoms with van der Waals surface area (Å²) in [6.07, 6.45) is -2.48. The molecule has 0 radical (unpaired) electrons. The number of aliphatic hydroxyl groups excluding tert-OH is 2. The van der Waals surface area contributed by atoms with Gasteiger partial charge in [-0.2, -0.15) is 13.2 Å². The number of allylic oxidation sites excluding steroid dienone is 1. The minimum atomic E-state index is -4.58. The van der Waals surface area contributed by atoms with E-state index in [4.69, 9.17) is 19.7 Å². The number of nitrogens with one attached hydrogen (secondary N) is 1. The number of aromatic nitrogens is 2. The van der Waals surface area contributed by atoms with Crippen molar-refractivity contribution in [3.63, 3.8) is 0 Å². The van der Waals surface area contributed by atoms with Gasteiger partial charge in [0.05, 0.1) is 5.52 Å². The topological polar surface area (TPSA) is 163 Å². The third-order valence-electron chi connectivity index (χ3n) is 5.04. The predicted molar refractivity (Wildman–Crippen MR) is 144 cm³/mol. The molecule has 43 heavy (non-hydrogen) atoms. The maximum Gasteiger partial charge on any atom is 0.433 e. The molecule has 0 saturated carbocycles. The quantitative estimate of drug-likeness (QED) is 0.140. The number of fused-ring (bicyclic) bond motifs is 1. The Labute approximate surface area is 241 Å². The maximum absolute atomic E-state index is 13.8. The highest BCUT2D eigenvalue weighted by Gasteiger charge is 2.32. The number of amides is 1. The van der Waals surface area contributed by atoms with Crippen LogP contribution in [0.15, 0.2) is 65.1 Å². The van der Waals surface area contributed by atoms with Crippen molar-refractivity contribution in [1.82, 2.24) is 15.3 Å². The Balaban J connectivity index is 0.000000730. The van der Waals surface area contributed by atoms with Gasteiger partial charge < -0.3 is 25.1 Å². The van der Waals surface area contributed by atoms with E-state index in [0.29, 0.717) is 23.3 Å². The van der Waals surface area contributed by atoms with Gasteiger partial charge in [0, 0.05) is 49.4 Å². The fourth-order valence-electron chi connectivity index (χ4n) is 3.27. The molecule has 4 aromatic rings. The number of benzene rings is 2. The number of carboxylic acid groups (broad SMARTS) is 1. The number of aldehydes is 1. The lowest BCUT2D eigenvalue weighted by Crippen LogP contribution is -2.24. The molecule has 10 nitrogen and oxygen atoms in total. The molecule has 0 saturated heterocycles. The number of alkyl halides is 3. The van der Waals surface area contributed by atoms with Crippen molar-refractivity contribution in [2.75, 3.05) is 14.2 Å². The predicted octanol–water partition coefficient (Wildman–Crippen LogP) is 4.47. The lowest BCUT2D eigenvalue weighted by Gasteiger charge is -2.08. The van der Waals surface area contributed by atoms with Gasteiger partial charge in [-0.3, -0.25) is 9.59 Å². The van der Waals surface area contributed by atoms with Crippen LogP contribution in [0, 0.1) is 18.6 Å². The van der Waals surface area contributed by atoms with Crippen LogP contribution in [-0.4, -0.2) is 57.7 Å². The highest BCUT2D eigenvalue weighted by molar-refractivity contribution is 5.96. The average molecular weight is 612 g/mol. The zero-order valence-electron chi connectivity index (χ0n) is 22.8. The van der Waals surface area contributed by atoms with Crippen LogP contribution in [0.2, 0.25) is 0 Å². The van der Waals surface area contributed by atoms with Crippen molar-refractivity contribution < 1.29 is 56.1 Å². The maximum atomic E-state index is 13.8. The van der Waals surface area contributed by atoms with Crippen LogP contribution in [-0.2, 0) is 22.3 Å². The number of hydrogen-bond acceptors (Lipinski definition) is 8. The second kappa shape index (κ2) is 17.1. The molecule has 0 aliphatic rings. The summed E-state index contributed by atoms with van der Waals surface area (Å²) in [6, 6.07) is 9.62. The summed E-state index contributed by atoms with van der Waals surface area (Å²) in [5.74, 6) is -3.11. The number of aliphatic hydroxyl groups is 2. The van der Waals surface area contributed by atoms with Gasteiger partial charge in [-0.1, -0.05) is 12.1 Å². The van der Waals surface area contributed by atoms with Crippen LogP contribution < -0.4 is 5.32 Å². The monoisotopic (exact) mass is 611 g/mol. The van der Waals surface area contributed by atoms with Crippen LogP contribution in [0.1, 0.15) is 27.5 Å². The molecule has 4 N–H and O–H groups in total. The zero-order chi connectivity index (χ0) is 32.7. The minimum absolute atomic E-state index is 0.0211. The minimum Gasteiger partial charge on any atom is -0.478 e. The Morgan fingerprint density at radius 1 is 1.00 bits per heavy atom. The van der Waals surface area contributed by atoms with Gasteiger partial charge in [0.2, 0.25) is 5.89 Å². The van der Waals surface area contributed by atoms with Gasteiger partial charge in [-0.15, -0.1) is 0 Å². The van der Waals surface area contributed by atoms with E-state index < -0.39 is 35.4 Å². The lowest BCUT2D eigenvalue weighted by atomic mass is 10.1. The first-order chi connectivity index (χ1) is 20.4. The van der Waals surface area contributed by atoms with E-state index in [-0.39, 0.29) is 35.0 Å². The molecule has 4 rings (SSSR count). The number of rotatable bonds is 6. The molecule has 0 fully saturated rings. The largest absolute Gasteiger partial charge is 0.478 e. The molecule has 230 valence electrons. The zero-order valence-corrected chi connectivity index (χ0v) is 22.8. The first kappa shape index (κ1) is 36.0. The van der Waals surface area contributed by atoms with Crippen molar-refractivity contribution in [3.8, 4) is 11.5 Å². The molecular formula is C28H26F5N3O7. The Morgan fingerprint density at radius 3 is 2.23 bits per heavy atom. The van der Waals surface area contributed by atoms with Crippen molar-refractivity contribution in [2.45, 2.75) is 19.6 Å². The molecular weight excluding hydrogens is 585 g/mol. The van der Waals surface area contributed by atoms with Crippen LogP contribution in [0.3, 0.4) is 0 Å². The van der Waals surface area contributed by atoms with Gasteiger partial charge in [0.1, 0.15) is 29.4 Å². The van der Waals surface area contributed by atoms with E-state index in [9.17, 15) is 36.3 Å². The molecule has 2 heterocycles. The number of pyridine rings is 1. The molecule has 2 aromatic heterocycles. The molecule has 0 aliphatic heterocycles. The van der Waals surface area contributed by atoms with E-state index in [1.807, 2.05) is 0 Å². The molecule has 0 unspecified atom stereocenters. The number of carbonyl (C=O) groups is 3. The van der Waals surface area contributed by atoms with Gasteiger partial charge in [-0.25, -0.2) is 23.5 Å². The third kappa shape index (κ3) is 10.4. The Kier molecular flexibility index (Phi) is 14.3. The second-order valence-corrected chi connectivity index (χ2v) is 7.74. The van der Waals surface area contributed by atoms with Crippen LogP contribution >= 0.6 is 0 Å². The fourth-order valence-corrected chi connectivity index (χ4v) is 3.27. The molecule has 0 atom stereocenters. The van der Waals surface area contributed by atoms with Gasteiger partial charge in [0.15, 0.2) is 5.69 Å². The molecule has 1 amide bonds. The standard InChI is InChI=1S/C22H14F5N3O2.C4H4O3.2CH4O/c1-11-19(20(31)28-10-12-5-6-13(23)9-16(12)24)30-21(32-11)15-3-2-4-17-14(15)7-8-18(29-17)22(25,26)27;5-3-1-2-4(6)7;2*1-2/h2-9H,10H2,1H3,(H,28,31);1-3H,(H,6,7);2*2H,1H3/b;2-1-;;. The molecule has 2 aromatic carbocycles. The van der Waals surface area contributed by atoms with Crippen molar-refractivity contribution in [1.29, 1.82) is 0 Å². The molecule has 0 aliphatic carbocycles. The number of hydrogen-bond donors (Lipinski definition) is 4. The van der Waals surface area contributed by atoms with E-state index in [0.717, 1.165) is 38.5 Å². The summed E-state index contributed by atoms with van der Waals surface area (Å²) < 4.78 is 71.2. The van der Waals surface area contributed by atoms with E-state index >= 15 is 0 Å². The smallest absolute Gasteiger partial charge is 0.433 e. The lowest BCUT2D eigenvalue weighted by molar-refractivity contribution is -0.141. The molecule has 15 heteroatoms. The summed E-state index contributed by atoms with van der Waals surface area (Å²) in [5.41, 5.74) is -0.568. The number of carbonyl (C=O) groups excluding carboxylic acids is 2. The summed E-state index contributed by atoms with van der Waals surface area (Å²) in [4.78, 5) is 39.2. The Hall–Kier alpha value is -5.02. The number of nitrogens with zero attached hydrogens (tertiary/aromatic N) is 2. The second-order valence-electron chi connectivity index (χ2n) is 7.74. The first-order valence-electron chi connectivity index (χ1n) is 11.8. The van der Waals surface area contributed by atoms with E-state index in [2.05, 4.69) is 15.3 Å². The normalized spacial score (nSPS) is 10.5. The van der Waals surface area contributed by atoms with Crippen molar-refractivity contribution >= 4 is 29.1 Å². The Bertz CT molecular complexity index is 1570. The van der Waals surface area contributed by atoms with Crippen molar-refractivity contribution in [3.05, 3.63) is 95.0 Å². The average Bonchev–Trinajstić information content (AvgIpc) is 3.38. The van der Waals surface area contributed by atoms with E-state index in [1.54, 1.807) is 6.07 Å². The van der Waals surface area contributed by atoms with Crippen LogP contribution in [0.4, 0.5) is 22.0 Å². The summed E-state index contributed by atoms with van der Waals surface area (Å²) in [7, 11) is 2.00. The van der Waals surface area contributed by atoms with E-state index in [1.165, 1.54) is 31.2 Å². The SMILES string of the molecule is CO.CO.Cc1oc(-c2cccc3nc(C(F)(F)F)ccc23)nc1C(=O)NCc1ccc(F)cc1F.O=C/C=C\C(=O)O. The number of oxazole rings is 1.